The second-order valence-electron chi connectivity index (χ2n) is 9.92. The molecule has 0 unspecified atom stereocenters. The maximum Gasteiger partial charge on any atom is 4.00 e. The number of benzene rings is 4. The van der Waals surface area contributed by atoms with Gasteiger partial charge in [-0.1, -0.05) is 61.4 Å². The molecule has 0 aliphatic carbocycles. The van der Waals surface area contributed by atoms with Gasteiger partial charge in [-0.15, -0.1) is 57.9 Å². The van der Waals surface area contributed by atoms with E-state index < -0.39 is 23.5 Å². The second kappa shape index (κ2) is 18.1. The van der Waals surface area contributed by atoms with Crippen LogP contribution in [-0.2, 0) is 38.2 Å². The molecule has 8 heteroatoms. The summed E-state index contributed by atoms with van der Waals surface area (Å²) in [5.74, 6) is 0. The zero-order valence-electron chi connectivity index (χ0n) is 25.6. The van der Waals surface area contributed by atoms with Gasteiger partial charge in [0.1, 0.15) is 0 Å². The van der Waals surface area contributed by atoms with Gasteiger partial charge in [-0.3, -0.25) is 0 Å². The van der Waals surface area contributed by atoms with Gasteiger partial charge in [0.25, 0.3) is 0 Å². The normalized spacial score (nSPS) is 10.9. The van der Waals surface area contributed by atoms with Crippen molar-refractivity contribution < 1.29 is 52.2 Å². The number of hydrogen-bond donors (Lipinski definition) is 0. The van der Waals surface area contributed by atoms with E-state index in [1.54, 1.807) is 0 Å². The van der Waals surface area contributed by atoms with Crippen LogP contribution < -0.4 is 0 Å². The van der Waals surface area contributed by atoms with Crippen LogP contribution in [0.25, 0.3) is 43.8 Å². The molecule has 0 saturated heterocycles. The summed E-state index contributed by atoms with van der Waals surface area (Å²) in [4.78, 5) is 0. The van der Waals surface area contributed by atoms with E-state index in [9.17, 15) is 26.3 Å². The zero-order valence-corrected chi connectivity index (χ0v) is 30.6. The molecule has 46 heavy (non-hydrogen) atoms. The Morgan fingerprint density at radius 3 is 1.20 bits per heavy atom. The molecule has 0 radical (unpaired) electrons. The van der Waals surface area contributed by atoms with Crippen LogP contribution in [0.1, 0.15) is 37.8 Å². The van der Waals surface area contributed by atoms with E-state index in [0.717, 1.165) is 68.1 Å². The van der Waals surface area contributed by atoms with E-state index in [0.29, 0.717) is 0 Å². The molecular formula is C38H34F6HfSi. The minimum atomic E-state index is -4.29. The molecule has 0 saturated carbocycles. The van der Waals surface area contributed by atoms with Gasteiger partial charge in [-0.05, 0) is 35.4 Å². The van der Waals surface area contributed by atoms with Gasteiger partial charge >= 0.3 is 38.2 Å². The molecule has 0 heterocycles. The van der Waals surface area contributed by atoms with E-state index in [1.807, 2.05) is 72.8 Å². The van der Waals surface area contributed by atoms with Crippen molar-refractivity contribution in [3.8, 4) is 22.3 Å². The molecule has 236 valence electrons. The van der Waals surface area contributed by atoms with Crippen molar-refractivity contribution in [1.82, 2.24) is 0 Å². The molecule has 0 fully saturated rings. The van der Waals surface area contributed by atoms with Crippen molar-refractivity contribution in [2.24, 2.45) is 0 Å². The first-order chi connectivity index (χ1) is 21.5. The molecule has 0 N–H and O–H groups in total. The minimum absolute atomic E-state index is 0. The molecule has 0 spiro atoms. The summed E-state index contributed by atoms with van der Waals surface area (Å²) in [7, 11) is 1.36. The standard InChI is InChI=1S/2C16H10F3.C5H11.CH3Si.Hf/c2*17-16(18,19)13-9-7-12(8-10-13)15-6-2-4-11-3-1-5-14(11)15;1-3-5-4-2;1-2;/h2*1-10H;5H,3-4H2,1-2H3;1H,2H2;/q4*-1;+4. The molecule has 6 rings (SSSR count). The summed E-state index contributed by atoms with van der Waals surface area (Å²) < 4.78 is 75.2. The molecular weight excluding hydrogens is 777 g/mol. The minimum Gasteiger partial charge on any atom is -0.533 e. The van der Waals surface area contributed by atoms with E-state index in [2.05, 4.69) is 26.4 Å². The SMILES string of the molecule is CC[CH-]CC.FC(F)(F)c1ccc(-c2cccc3[cH-]ccc23)cc1.FC(F)(F)c1ccc(-c2cccc3[cH-]ccc23)cc1.[CH-]=[SiH2].[Hf+4]. The van der Waals surface area contributed by atoms with E-state index >= 15 is 0 Å². The largest absolute Gasteiger partial charge is 4.00 e. The van der Waals surface area contributed by atoms with Gasteiger partial charge in [0.05, 0.1) is 11.1 Å². The summed E-state index contributed by atoms with van der Waals surface area (Å²) in [6.45, 7) is 4.31. The molecule has 0 bridgehead atoms. The van der Waals surface area contributed by atoms with Gasteiger partial charge in [0.2, 0.25) is 0 Å². The Kier molecular flexibility index (Phi) is 15.3. The Morgan fingerprint density at radius 2 is 0.913 bits per heavy atom. The molecule has 0 aromatic heterocycles. The number of fused-ring (bicyclic) bond motifs is 2. The van der Waals surface area contributed by atoms with Crippen LogP contribution in [0, 0.1) is 6.42 Å². The Bertz CT molecular complexity index is 1610. The number of alkyl halides is 6. The summed E-state index contributed by atoms with van der Waals surface area (Å²) in [5.41, 5.74) is 2.26. The van der Waals surface area contributed by atoms with Gasteiger partial charge in [0, 0.05) is 0 Å². The summed E-state index contributed by atoms with van der Waals surface area (Å²) in [6, 6.07) is 34.0. The van der Waals surface area contributed by atoms with E-state index in [4.69, 9.17) is 0 Å². The van der Waals surface area contributed by atoms with Crippen molar-refractivity contribution in [2.45, 2.75) is 39.0 Å². The fourth-order valence-corrected chi connectivity index (χ4v) is 4.79. The molecule has 0 atom stereocenters. The van der Waals surface area contributed by atoms with Crippen molar-refractivity contribution >= 4 is 37.6 Å². The van der Waals surface area contributed by atoms with Crippen LogP contribution in [0.2, 0.25) is 0 Å². The number of hydrogen-bond acceptors (Lipinski definition) is 0. The monoisotopic (exact) mass is 812 g/mol. The predicted octanol–water partition coefficient (Wildman–Crippen LogP) is 11.4. The molecule has 0 nitrogen and oxygen atoms in total. The zero-order chi connectivity index (χ0) is 33.0. The van der Waals surface area contributed by atoms with Crippen LogP contribution in [0.4, 0.5) is 26.3 Å². The van der Waals surface area contributed by atoms with E-state index in [1.165, 1.54) is 47.0 Å². The number of rotatable bonds is 4. The fourth-order valence-electron chi connectivity index (χ4n) is 4.79. The Morgan fingerprint density at radius 1 is 0.565 bits per heavy atom. The third kappa shape index (κ3) is 10.3. The topological polar surface area (TPSA) is 0 Å². The summed E-state index contributed by atoms with van der Waals surface area (Å²) in [5, 5.41) is 4.30. The molecule has 6 aromatic carbocycles. The summed E-state index contributed by atoms with van der Waals surface area (Å²) in [6.07, 6.45) is 0.642. The Balaban J connectivity index is 0.000000263. The first-order valence-electron chi connectivity index (χ1n) is 14.4. The first kappa shape index (κ1) is 38.8. The van der Waals surface area contributed by atoms with Crippen LogP contribution >= 0.6 is 0 Å². The van der Waals surface area contributed by atoms with Crippen molar-refractivity contribution in [3.05, 3.63) is 139 Å². The second-order valence-corrected chi connectivity index (χ2v) is 9.92. The third-order valence-corrected chi connectivity index (χ3v) is 6.98. The molecule has 0 aliphatic heterocycles. The first-order valence-corrected chi connectivity index (χ1v) is 15.2. The third-order valence-electron chi connectivity index (χ3n) is 6.98. The summed E-state index contributed by atoms with van der Waals surface area (Å²) >= 11 is 0. The van der Waals surface area contributed by atoms with Gasteiger partial charge in [-0.25, -0.2) is 9.85 Å². The average molecular weight is 811 g/mol. The fraction of sp³-hybridized carbons (Fsp3) is 0.158. The van der Waals surface area contributed by atoms with Crippen LogP contribution in [0.5, 0.6) is 0 Å². The van der Waals surface area contributed by atoms with E-state index in [-0.39, 0.29) is 25.8 Å². The Labute approximate surface area is 288 Å². The predicted molar refractivity (Wildman–Crippen MR) is 179 cm³/mol. The average Bonchev–Trinajstić information content (AvgIpc) is 3.72. The quantitative estimate of drug-likeness (QED) is 0.0945. The molecule has 0 aliphatic rings. The van der Waals surface area contributed by atoms with Crippen molar-refractivity contribution in [3.63, 3.8) is 0 Å². The molecule has 0 amide bonds. The van der Waals surface area contributed by atoms with Gasteiger partial charge < -0.3 is 12.6 Å². The smallest absolute Gasteiger partial charge is 0.533 e. The number of unbranched alkanes of at least 4 members (excludes halogenated alkanes) is 2. The van der Waals surface area contributed by atoms with Crippen molar-refractivity contribution in [2.75, 3.05) is 0 Å². The van der Waals surface area contributed by atoms with Gasteiger partial charge in [0.15, 0.2) is 0 Å². The van der Waals surface area contributed by atoms with Crippen LogP contribution in [0.15, 0.2) is 121 Å². The Hall–Kier alpha value is -3.36. The van der Waals surface area contributed by atoms with Gasteiger partial charge in [-0.2, -0.15) is 63.4 Å². The molecule has 6 aromatic rings. The van der Waals surface area contributed by atoms with Crippen LogP contribution in [-0.4, -0.2) is 16.0 Å². The maximum absolute atomic E-state index is 12.5. The maximum atomic E-state index is 12.5. The number of halogens is 6. The van der Waals surface area contributed by atoms with Crippen LogP contribution in [0.3, 0.4) is 0 Å². The van der Waals surface area contributed by atoms with Crippen molar-refractivity contribution in [1.29, 1.82) is 0 Å².